The molecule has 2 nitrogen and oxygen atoms in total. The minimum Gasteiger partial charge on any atom is -0.463 e. The van der Waals surface area contributed by atoms with Gasteiger partial charge in [0.1, 0.15) is 5.75 Å². The van der Waals surface area contributed by atoms with Crippen molar-refractivity contribution in [3.63, 3.8) is 0 Å². The lowest BCUT2D eigenvalue weighted by molar-refractivity contribution is 0.0470. The zero-order valence-electron chi connectivity index (χ0n) is 15.5. The second kappa shape index (κ2) is 5.14. The zero-order chi connectivity index (χ0) is 17.9. The average Bonchev–Trinajstić information content (AvgIpc) is 2.88. The summed E-state index contributed by atoms with van der Waals surface area (Å²) in [4.78, 5) is 2.31. The molecular weight excluding hydrogens is 318 g/mol. The Labute approximate surface area is 154 Å². The van der Waals surface area contributed by atoms with Gasteiger partial charge in [0.05, 0.1) is 5.41 Å². The summed E-state index contributed by atoms with van der Waals surface area (Å²) in [6.07, 6.45) is 5.53. The molecule has 1 spiro atoms. The maximum atomic E-state index is 6.83. The van der Waals surface area contributed by atoms with Gasteiger partial charge in [-0.15, -0.1) is 0 Å². The summed E-state index contributed by atoms with van der Waals surface area (Å²) in [5, 5.41) is 2.49. The Morgan fingerprint density at radius 3 is 2.58 bits per heavy atom. The minimum absolute atomic E-state index is 0.113. The Balaban J connectivity index is 1.73. The van der Waals surface area contributed by atoms with Crippen LogP contribution in [0.4, 0.5) is 5.69 Å². The van der Waals surface area contributed by atoms with Crippen LogP contribution in [0, 0.1) is 0 Å². The molecule has 3 aromatic carbocycles. The predicted octanol–water partition coefficient (Wildman–Crippen LogP) is 5.76. The third-order valence-electron chi connectivity index (χ3n) is 6.53. The van der Waals surface area contributed by atoms with E-state index in [0.29, 0.717) is 0 Å². The van der Waals surface area contributed by atoms with Crippen molar-refractivity contribution in [2.75, 3.05) is 11.9 Å². The molecule has 0 radical (unpaired) electrons. The van der Waals surface area contributed by atoms with Crippen molar-refractivity contribution in [1.29, 1.82) is 0 Å². The fourth-order valence-corrected chi connectivity index (χ4v) is 4.83. The number of para-hydroxylation sites is 1. The molecule has 2 aliphatic rings. The van der Waals surface area contributed by atoms with E-state index < -0.39 is 5.72 Å². The molecule has 2 heterocycles. The summed E-state index contributed by atoms with van der Waals surface area (Å²) >= 11 is 0. The smallest absolute Gasteiger partial charge is 0.212 e. The van der Waals surface area contributed by atoms with Crippen molar-refractivity contribution in [3.05, 3.63) is 77.9 Å². The van der Waals surface area contributed by atoms with Crippen LogP contribution in [0.25, 0.3) is 16.8 Å². The number of hydrogen-bond acceptors (Lipinski definition) is 2. The molecule has 26 heavy (non-hydrogen) atoms. The molecule has 2 atom stereocenters. The van der Waals surface area contributed by atoms with Crippen molar-refractivity contribution in [2.24, 2.45) is 0 Å². The molecule has 0 saturated carbocycles. The third kappa shape index (κ3) is 1.72. The van der Waals surface area contributed by atoms with E-state index in [1.165, 1.54) is 27.6 Å². The number of rotatable bonds is 1. The molecule has 0 bridgehead atoms. The Morgan fingerprint density at radius 1 is 0.962 bits per heavy atom. The van der Waals surface area contributed by atoms with Crippen LogP contribution in [0.2, 0.25) is 0 Å². The number of ether oxygens (including phenoxy) is 1. The molecule has 0 aliphatic carbocycles. The number of likely N-dealkylation sites (N-methyl/N-ethyl adjacent to an activating group) is 1. The molecule has 2 aliphatic heterocycles. The van der Waals surface area contributed by atoms with Crippen molar-refractivity contribution in [2.45, 2.75) is 31.4 Å². The molecule has 5 rings (SSSR count). The highest BCUT2D eigenvalue weighted by atomic mass is 16.5. The summed E-state index contributed by atoms with van der Waals surface area (Å²) in [6.45, 7) is 4.58. The van der Waals surface area contributed by atoms with Crippen LogP contribution in [0.15, 0.2) is 66.7 Å². The maximum Gasteiger partial charge on any atom is 0.212 e. The van der Waals surface area contributed by atoms with Gasteiger partial charge >= 0.3 is 0 Å². The van der Waals surface area contributed by atoms with Gasteiger partial charge in [-0.2, -0.15) is 0 Å². The number of anilines is 1. The van der Waals surface area contributed by atoms with Crippen molar-refractivity contribution < 1.29 is 4.74 Å². The van der Waals surface area contributed by atoms with Crippen LogP contribution >= 0.6 is 0 Å². The number of nitrogens with zero attached hydrogens (tertiary/aromatic N) is 1. The van der Waals surface area contributed by atoms with E-state index in [0.717, 1.165) is 12.2 Å². The fraction of sp³-hybridized carbons (Fsp3) is 0.250. The topological polar surface area (TPSA) is 12.5 Å². The lowest BCUT2D eigenvalue weighted by atomic mass is 9.72. The van der Waals surface area contributed by atoms with E-state index in [1.807, 2.05) is 0 Å². The summed E-state index contributed by atoms with van der Waals surface area (Å²) in [7, 11) is 2.15. The van der Waals surface area contributed by atoms with Gasteiger partial charge in [-0.05, 0) is 54.0 Å². The second-order valence-electron chi connectivity index (χ2n) is 7.59. The molecular formula is C24H23NO. The Morgan fingerprint density at radius 2 is 1.73 bits per heavy atom. The first kappa shape index (κ1) is 15.5. The van der Waals surface area contributed by atoms with Crippen LogP contribution in [-0.2, 0) is 5.41 Å². The molecule has 0 saturated heterocycles. The molecule has 0 amide bonds. The zero-order valence-corrected chi connectivity index (χ0v) is 15.5. The van der Waals surface area contributed by atoms with Crippen LogP contribution < -0.4 is 9.64 Å². The number of fused-ring (bicyclic) bond motifs is 4. The molecule has 130 valence electrons. The van der Waals surface area contributed by atoms with Crippen molar-refractivity contribution >= 4 is 22.5 Å². The van der Waals surface area contributed by atoms with Crippen LogP contribution in [-0.4, -0.2) is 12.8 Å². The van der Waals surface area contributed by atoms with Gasteiger partial charge in [0, 0.05) is 18.3 Å². The van der Waals surface area contributed by atoms with Crippen LogP contribution in [0.1, 0.15) is 31.4 Å². The quantitative estimate of drug-likeness (QED) is 0.558. The highest BCUT2D eigenvalue weighted by Crippen LogP contribution is 2.56. The Bertz CT molecular complexity index is 1050. The number of hydrogen-bond donors (Lipinski definition) is 0. The average molecular weight is 341 g/mol. The van der Waals surface area contributed by atoms with E-state index >= 15 is 0 Å². The Hall–Kier alpha value is -2.74. The van der Waals surface area contributed by atoms with E-state index in [2.05, 4.69) is 98.6 Å². The first-order chi connectivity index (χ1) is 12.6. The largest absolute Gasteiger partial charge is 0.463 e. The van der Waals surface area contributed by atoms with Gasteiger partial charge < -0.3 is 9.64 Å². The van der Waals surface area contributed by atoms with E-state index in [4.69, 9.17) is 4.74 Å². The first-order valence-corrected chi connectivity index (χ1v) is 9.34. The third-order valence-corrected chi connectivity index (χ3v) is 6.53. The second-order valence-corrected chi connectivity index (χ2v) is 7.59. The van der Waals surface area contributed by atoms with Gasteiger partial charge in [0.25, 0.3) is 0 Å². The molecule has 0 unspecified atom stereocenters. The van der Waals surface area contributed by atoms with Gasteiger partial charge in [-0.1, -0.05) is 55.5 Å². The van der Waals surface area contributed by atoms with Crippen molar-refractivity contribution in [1.82, 2.24) is 0 Å². The SMILES string of the molecule is CC[C@]1(C)c2ccccc2N(C)[C@@]12C=Cc1c(ccc3ccccc13)O2. The van der Waals surface area contributed by atoms with Gasteiger partial charge in [-0.3, -0.25) is 0 Å². The standard InChI is InChI=1S/C24H23NO/c1-4-23(2)20-11-7-8-12-21(20)25(3)24(23)16-15-19-18-10-6-5-9-17(18)13-14-22(19)26-24/h5-16H,4H2,1-3H3/t23-,24-/m1/s1. The summed E-state index contributed by atoms with van der Waals surface area (Å²) < 4.78 is 6.83. The van der Waals surface area contributed by atoms with Gasteiger partial charge in [-0.25, -0.2) is 0 Å². The first-order valence-electron chi connectivity index (χ1n) is 9.34. The van der Waals surface area contributed by atoms with Crippen molar-refractivity contribution in [3.8, 4) is 5.75 Å². The molecule has 0 fully saturated rings. The van der Waals surface area contributed by atoms with Gasteiger partial charge in [0.15, 0.2) is 0 Å². The normalized spacial score (nSPS) is 26.0. The molecule has 3 aromatic rings. The summed E-state index contributed by atoms with van der Waals surface area (Å²) in [5.41, 5.74) is 3.18. The molecule has 2 heteroatoms. The highest BCUT2D eigenvalue weighted by Gasteiger charge is 2.59. The monoisotopic (exact) mass is 341 g/mol. The fourth-order valence-electron chi connectivity index (χ4n) is 4.83. The lowest BCUT2D eigenvalue weighted by Crippen LogP contribution is -2.59. The maximum absolute atomic E-state index is 6.83. The van der Waals surface area contributed by atoms with Crippen LogP contribution in [0.5, 0.6) is 5.75 Å². The highest BCUT2D eigenvalue weighted by molar-refractivity contribution is 5.94. The molecule has 0 aromatic heterocycles. The minimum atomic E-state index is -0.499. The van der Waals surface area contributed by atoms with E-state index in [1.54, 1.807) is 0 Å². The summed E-state index contributed by atoms with van der Waals surface area (Å²) in [6, 6.07) is 21.5. The number of benzene rings is 3. The Kier molecular flexibility index (Phi) is 3.06. The van der Waals surface area contributed by atoms with Gasteiger partial charge in [0.2, 0.25) is 5.72 Å². The predicted molar refractivity (Wildman–Crippen MR) is 109 cm³/mol. The van der Waals surface area contributed by atoms with Crippen LogP contribution in [0.3, 0.4) is 0 Å². The van der Waals surface area contributed by atoms with E-state index in [-0.39, 0.29) is 5.41 Å². The lowest BCUT2D eigenvalue weighted by Gasteiger charge is -2.47. The molecule has 0 N–H and O–H groups in total. The van der Waals surface area contributed by atoms with E-state index in [9.17, 15) is 0 Å². The summed E-state index contributed by atoms with van der Waals surface area (Å²) in [5.74, 6) is 0.963.